The first-order valence-electron chi connectivity index (χ1n) is 7.26. The Balaban J connectivity index is 1.97. The largest absolute Gasteiger partial charge is 0.374 e. The Labute approximate surface area is 129 Å². The monoisotopic (exact) mass is 306 g/mol. The summed E-state index contributed by atoms with van der Waals surface area (Å²) in [5, 5.41) is 10.9. The fraction of sp³-hybridized carbons (Fsp3) is 0.467. The van der Waals surface area contributed by atoms with Gasteiger partial charge in [-0.3, -0.25) is 0 Å². The molecule has 2 rings (SSSR count). The van der Waals surface area contributed by atoms with Gasteiger partial charge in [0.1, 0.15) is 18.2 Å². The van der Waals surface area contributed by atoms with Gasteiger partial charge in [-0.25, -0.2) is 9.97 Å². The predicted molar refractivity (Wildman–Crippen MR) is 88.0 cm³/mol. The summed E-state index contributed by atoms with van der Waals surface area (Å²) in [5.41, 5.74) is 1.35. The van der Waals surface area contributed by atoms with E-state index in [1.165, 1.54) is 5.56 Å². The van der Waals surface area contributed by atoms with E-state index in [1.54, 1.807) is 11.3 Å². The summed E-state index contributed by atoms with van der Waals surface area (Å²) in [6.07, 6.45) is 0.991. The number of aromatic nitrogens is 2. The molecule has 0 bridgehead atoms. The van der Waals surface area contributed by atoms with Crippen molar-refractivity contribution in [2.75, 3.05) is 30.3 Å². The fourth-order valence-electron chi connectivity index (χ4n) is 1.89. The lowest BCUT2D eigenvalue weighted by molar-refractivity contribution is 0.128. The molecule has 0 saturated carbocycles. The number of nitrogens with zero attached hydrogens (tertiary/aromatic N) is 2. The topological polar surface area (TPSA) is 59.1 Å². The molecule has 21 heavy (non-hydrogen) atoms. The highest BCUT2D eigenvalue weighted by molar-refractivity contribution is 7.07. The molecular weight excluding hydrogens is 284 g/mol. The van der Waals surface area contributed by atoms with Gasteiger partial charge < -0.3 is 15.4 Å². The second-order valence-electron chi connectivity index (χ2n) is 4.53. The summed E-state index contributed by atoms with van der Waals surface area (Å²) >= 11 is 1.73. The molecule has 0 aromatic carbocycles. The first-order valence-corrected chi connectivity index (χ1v) is 8.20. The number of thiophene rings is 1. The van der Waals surface area contributed by atoms with Gasteiger partial charge in [0.25, 0.3) is 0 Å². The minimum absolute atomic E-state index is 0.439. The zero-order valence-electron chi connectivity index (χ0n) is 12.6. The maximum Gasteiger partial charge on any atom is 0.158 e. The van der Waals surface area contributed by atoms with Gasteiger partial charge in [-0.05, 0) is 42.7 Å². The van der Waals surface area contributed by atoms with Gasteiger partial charge in [0.05, 0.1) is 0 Å². The van der Waals surface area contributed by atoms with Crippen molar-refractivity contribution < 1.29 is 4.74 Å². The lowest BCUT2D eigenvalue weighted by Gasteiger charge is -2.10. The van der Waals surface area contributed by atoms with Crippen LogP contribution in [0.1, 0.15) is 25.2 Å². The minimum atomic E-state index is 0.439. The van der Waals surface area contributed by atoms with Crippen molar-refractivity contribution in [3.63, 3.8) is 0 Å². The SMILES string of the molecule is CCNc1cc(NCCc2ccsc2)nc(COCC)n1. The second kappa shape index (κ2) is 8.59. The van der Waals surface area contributed by atoms with Gasteiger partial charge in [0.2, 0.25) is 0 Å². The molecule has 0 saturated heterocycles. The Morgan fingerprint density at radius 2 is 2.00 bits per heavy atom. The Hall–Kier alpha value is -1.66. The van der Waals surface area contributed by atoms with Crippen LogP contribution in [0.4, 0.5) is 11.6 Å². The quantitative estimate of drug-likeness (QED) is 0.745. The summed E-state index contributed by atoms with van der Waals surface area (Å²) < 4.78 is 5.39. The number of hydrogen-bond donors (Lipinski definition) is 2. The summed E-state index contributed by atoms with van der Waals surface area (Å²) in [4.78, 5) is 8.92. The number of nitrogens with one attached hydrogen (secondary N) is 2. The average Bonchev–Trinajstić information content (AvgIpc) is 2.99. The van der Waals surface area contributed by atoms with E-state index in [9.17, 15) is 0 Å². The summed E-state index contributed by atoms with van der Waals surface area (Å²) in [6, 6.07) is 4.09. The average molecular weight is 306 g/mol. The Kier molecular flexibility index (Phi) is 6.43. The van der Waals surface area contributed by atoms with Crippen molar-refractivity contribution in [2.24, 2.45) is 0 Å². The van der Waals surface area contributed by atoms with Crippen LogP contribution in [0.15, 0.2) is 22.9 Å². The maximum absolute atomic E-state index is 5.39. The number of ether oxygens (including phenoxy) is 1. The third kappa shape index (κ3) is 5.32. The normalized spacial score (nSPS) is 10.6. The highest BCUT2D eigenvalue weighted by Crippen LogP contribution is 2.13. The highest BCUT2D eigenvalue weighted by Gasteiger charge is 2.04. The standard InChI is InChI=1S/C15H22N4OS/c1-3-16-13-9-14(19-15(18-13)10-20-4-2)17-7-5-12-6-8-21-11-12/h6,8-9,11H,3-5,7,10H2,1-2H3,(H2,16,17,18,19). The molecule has 114 valence electrons. The molecule has 0 spiro atoms. The van der Waals surface area contributed by atoms with E-state index < -0.39 is 0 Å². The summed E-state index contributed by atoms with van der Waals surface area (Å²) in [5.74, 6) is 2.37. The minimum Gasteiger partial charge on any atom is -0.374 e. The van der Waals surface area contributed by atoms with E-state index in [0.717, 1.165) is 31.1 Å². The van der Waals surface area contributed by atoms with Crippen LogP contribution in [0.25, 0.3) is 0 Å². The molecule has 0 radical (unpaired) electrons. The van der Waals surface area contributed by atoms with Crippen LogP contribution in [0.3, 0.4) is 0 Å². The molecule has 2 heterocycles. The van der Waals surface area contributed by atoms with Crippen molar-refractivity contribution in [3.8, 4) is 0 Å². The van der Waals surface area contributed by atoms with Crippen LogP contribution in [0.2, 0.25) is 0 Å². The van der Waals surface area contributed by atoms with E-state index in [-0.39, 0.29) is 0 Å². The van der Waals surface area contributed by atoms with E-state index in [4.69, 9.17) is 4.74 Å². The van der Waals surface area contributed by atoms with Crippen LogP contribution in [-0.4, -0.2) is 29.7 Å². The van der Waals surface area contributed by atoms with Crippen molar-refractivity contribution in [2.45, 2.75) is 26.9 Å². The van der Waals surface area contributed by atoms with Crippen molar-refractivity contribution in [1.29, 1.82) is 0 Å². The smallest absolute Gasteiger partial charge is 0.158 e. The van der Waals surface area contributed by atoms with Gasteiger partial charge in [-0.15, -0.1) is 0 Å². The van der Waals surface area contributed by atoms with E-state index in [1.807, 2.05) is 19.9 Å². The molecule has 6 heteroatoms. The van der Waals surface area contributed by atoms with Gasteiger partial charge in [-0.2, -0.15) is 11.3 Å². The fourth-order valence-corrected chi connectivity index (χ4v) is 2.59. The first-order chi connectivity index (χ1) is 10.3. The molecule has 2 aromatic heterocycles. The van der Waals surface area contributed by atoms with E-state index in [2.05, 4.69) is 37.4 Å². The van der Waals surface area contributed by atoms with Gasteiger partial charge in [0.15, 0.2) is 5.82 Å². The Bertz CT molecular complexity index is 530. The first kappa shape index (κ1) is 15.7. The molecule has 0 aliphatic heterocycles. The maximum atomic E-state index is 5.39. The molecule has 2 aromatic rings. The number of hydrogen-bond acceptors (Lipinski definition) is 6. The van der Waals surface area contributed by atoms with Crippen LogP contribution in [0.5, 0.6) is 0 Å². The molecule has 5 nitrogen and oxygen atoms in total. The third-order valence-corrected chi connectivity index (χ3v) is 3.60. The Morgan fingerprint density at radius 1 is 1.19 bits per heavy atom. The molecule has 0 unspecified atom stereocenters. The molecule has 0 aliphatic rings. The molecule has 2 N–H and O–H groups in total. The van der Waals surface area contributed by atoms with Crippen LogP contribution < -0.4 is 10.6 Å². The second-order valence-corrected chi connectivity index (χ2v) is 5.31. The zero-order chi connectivity index (χ0) is 14.9. The Morgan fingerprint density at radius 3 is 2.67 bits per heavy atom. The number of rotatable bonds is 9. The lowest BCUT2D eigenvalue weighted by Crippen LogP contribution is -2.11. The van der Waals surface area contributed by atoms with Crippen LogP contribution in [0, 0.1) is 0 Å². The summed E-state index contributed by atoms with van der Waals surface area (Å²) in [7, 11) is 0. The van der Waals surface area contributed by atoms with Crippen molar-refractivity contribution in [1.82, 2.24) is 9.97 Å². The molecule has 0 atom stereocenters. The van der Waals surface area contributed by atoms with Crippen LogP contribution >= 0.6 is 11.3 Å². The van der Waals surface area contributed by atoms with Gasteiger partial charge in [0, 0.05) is 25.8 Å². The molecule has 0 fully saturated rings. The predicted octanol–water partition coefficient (Wildman–Crippen LogP) is 3.16. The van der Waals surface area contributed by atoms with Crippen LogP contribution in [-0.2, 0) is 17.8 Å². The van der Waals surface area contributed by atoms with Gasteiger partial charge >= 0.3 is 0 Å². The molecule has 0 aliphatic carbocycles. The molecular formula is C15H22N4OS. The summed E-state index contributed by atoms with van der Waals surface area (Å²) in [6.45, 7) is 6.81. The van der Waals surface area contributed by atoms with Crippen molar-refractivity contribution >= 4 is 23.0 Å². The van der Waals surface area contributed by atoms with E-state index in [0.29, 0.717) is 19.0 Å². The zero-order valence-corrected chi connectivity index (χ0v) is 13.4. The highest BCUT2D eigenvalue weighted by atomic mass is 32.1. The third-order valence-electron chi connectivity index (χ3n) is 2.87. The van der Waals surface area contributed by atoms with E-state index >= 15 is 0 Å². The lowest BCUT2D eigenvalue weighted by atomic mass is 10.2. The van der Waals surface area contributed by atoms with Gasteiger partial charge in [-0.1, -0.05) is 0 Å². The number of anilines is 2. The molecule has 0 amide bonds. The van der Waals surface area contributed by atoms with Crippen molar-refractivity contribution in [3.05, 3.63) is 34.3 Å².